The second kappa shape index (κ2) is 10.9. The summed E-state index contributed by atoms with van der Waals surface area (Å²) in [5.41, 5.74) is 1.56. The van der Waals surface area contributed by atoms with E-state index in [1.165, 1.54) is 12.0 Å². The Hall–Kier alpha value is -3.52. The molecule has 0 radical (unpaired) electrons. The molecule has 2 amide bonds. The first-order chi connectivity index (χ1) is 15.9. The largest absolute Gasteiger partial charge is 0.497 e. The van der Waals surface area contributed by atoms with Crippen molar-refractivity contribution in [2.24, 2.45) is 0 Å². The molecule has 1 aliphatic heterocycles. The number of ether oxygens (including phenoxy) is 4. The maximum Gasteiger partial charge on any atom is 0.278 e. The summed E-state index contributed by atoms with van der Waals surface area (Å²) in [6.07, 6.45) is -0.00464. The van der Waals surface area contributed by atoms with Crippen molar-refractivity contribution < 1.29 is 28.5 Å². The third-order valence-electron chi connectivity index (χ3n) is 5.05. The fourth-order valence-electron chi connectivity index (χ4n) is 3.47. The standard InChI is InChI=1S/C25H30N2O6/c1-6-32-18-9-7-17(8-10-18)22-23(25(29)27(24(22)28)13-14-33-16(2)3)26-20-15-19(30-4)11-12-21(20)31-5/h7-12,15-16,26H,6,13-14H2,1-5H3. The number of amides is 2. The van der Waals surface area contributed by atoms with E-state index in [1.54, 1.807) is 49.6 Å². The Bertz CT molecular complexity index is 1030. The van der Waals surface area contributed by atoms with E-state index in [0.29, 0.717) is 35.1 Å². The van der Waals surface area contributed by atoms with Gasteiger partial charge in [-0.25, -0.2) is 0 Å². The molecule has 33 heavy (non-hydrogen) atoms. The number of rotatable bonds is 11. The van der Waals surface area contributed by atoms with Crippen LogP contribution in [0.4, 0.5) is 5.69 Å². The van der Waals surface area contributed by atoms with Gasteiger partial charge in [0.1, 0.15) is 22.9 Å². The Morgan fingerprint density at radius 1 is 0.939 bits per heavy atom. The predicted octanol–water partition coefficient (Wildman–Crippen LogP) is 3.72. The van der Waals surface area contributed by atoms with Crippen LogP contribution in [0.5, 0.6) is 17.2 Å². The number of nitrogens with one attached hydrogen (secondary N) is 1. The summed E-state index contributed by atoms with van der Waals surface area (Å²) in [5, 5.41) is 3.12. The Labute approximate surface area is 194 Å². The minimum atomic E-state index is -0.430. The lowest BCUT2D eigenvalue weighted by Gasteiger charge is -2.17. The molecule has 1 heterocycles. The molecular formula is C25H30N2O6. The van der Waals surface area contributed by atoms with E-state index in [4.69, 9.17) is 18.9 Å². The summed E-state index contributed by atoms with van der Waals surface area (Å²) in [7, 11) is 3.09. The van der Waals surface area contributed by atoms with Gasteiger partial charge in [0.05, 0.1) is 51.3 Å². The van der Waals surface area contributed by atoms with Crippen LogP contribution in [0.2, 0.25) is 0 Å². The van der Waals surface area contributed by atoms with Gasteiger partial charge in [-0.3, -0.25) is 14.5 Å². The summed E-state index contributed by atoms with van der Waals surface area (Å²) >= 11 is 0. The van der Waals surface area contributed by atoms with E-state index in [2.05, 4.69) is 5.32 Å². The van der Waals surface area contributed by atoms with E-state index in [0.717, 1.165) is 0 Å². The van der Waals surface area contributed by atoms with Gasteiger partial charge in [-0.1, -0.05) is 12.1 Å². The summed E-state index contributed by atoms with van der Waals surface area (Å²) in [4.78, 5) is 27.9. The third-order valence-corrected chi connectivity index (χ3v) is 5.05. The predicted molar refractivity (Wildman–Crippen MR) is 126 cm³/mol. The zero-order valence-corrected chi connectivity index (χ0v) is 19.6. The van der Waals surface area contributed by atoms with Crippen molar-refractivity contribution in [3.8, 4) is 17.2 Å². The van der Waals surface area contributed by atoms with Crippen LogP contribution in [0.25, 0.3) is 5.57 Å². The van der Waals surface area contributed by atoms with Gasteiger partial charge in [0.2, 0.25) is 0 Å². The van der Waals surface area contributed by atoms with Gasteiger partial charge in [-0.2, -0.15) is 0 Å². The van der Waals surface area contributed by atoms with E-state index in [9.17, 15) is 9.59 Å². The van der Waals surface area contributed by atoms with E-state index >= 15 is 0 Å². The number of carbonyl (C=O) groups excluding carboxylic acids is 2. The van der Waals surface area contributed by atoms with Crippen LogP contribution in [0, 0.1) is 0 Å². The van der Waals surface area contributed by atoms with Crippen LogP contribution in [0.15, 0.2) is 48.2 Å². The lowest BCUT2D eigenvalue weighted by atomic mass is 10.0. The molecule has 0 saturated heterocycles. The first kappa shape index (κ1) is 24.1. The molecule has 0 saturated carbocycles. The van der Waals surface area contributed by atoms with Crippen molar-refractivity contribution in [1.29, 1.82) is 0 Å². The third kappa shape index (κ3) is 5.46. The normalized spacial score (nSPS) is 13.7. The highest BCUT2D eigenvalue weighted by molar-refractivity contribution is 6.36. The van der Waals surface area contributed by atoms with E-state index in [1.807, 2.05) is 20.8 Å². The molecule has 2 aromatic carbocycles. The number of imide groups is 1. The summed E-state index contributed by atoms with van der Waals surface area (Å²) < 4.78 is 21.8. The molecule has 0 fully saturated rings. The van der Waals surface area contributed by atoms with Crippen molar-refractivity contribution in [2.75, 3.05) is 39.3 Å². The molecular weight excluding hydrogens is 424 g/mol. The van der Waals surface area contributed by atoms with Gasteiger partial charge in [-0.15, -0.1) is 0 Å². The molecule has 0 spiro atoms. The number of anilines is 1. The van der Waals surface area contributed by atoms with E-state index in [-0.39, 0.29) is 36.4 Å². The SMILES string of the molecule is CCOc1ccc(C2=C(Nc3cc(OC)ccc3OC)C(=O)N(CCOC(C)C)C2=O)cc1. The summed E-state index contributed by atoms with van der Waals surface area (Å²) in [5.74, 6) is 0.962. The topological polar surface area (TPSA) is 86.3 Å². The highest BCUT2D eigenvalue weighted by Gasteiger charge is 2.39. The van der Waals surface area contributed by atoms with Crippen molar-refractivity contribution in [3.05, 3.63) is 53.7 Å². The van der Waals surface area contributed by atoms with Crippen molar-refractivity contribution >= 4 is 23.1 Å². The van der Waals surface area contributed by atoms with Gasteiger partial charge in [-0.05, 0) is 50.6 Å². The van der Waals surface area contributed by atoms with Crippen LogP contribution in [0.1, 0.15) is 26.3 Å². The molecule has 0 unspecified atom stereocenters. The Kier molecular flexibility index (Phi) is 7.95. The van der Waals surface area contributed by atoms with Crippen LogP contribution in [-0.2, 0) is 14.3 Å². The second-order valence-electron chi connectivity index (χ2n) is 7.58. The molecule has 176 valence electrons. The number of benzene rings is 2. The molecule has 8 heteroatoms. The average Bonchev–Trinajstić information content (AvgIpc) is 3.03. The lowest BCUT2D eigenvalue weighted by molar-refractivity contribution is -0.137. The quantitative estimate of drug-likeness (QED) is 0.518. The first-order valence-electron chi connectivity index (χ1n) is 10.8. The Morgan fingerprint density at radius 3 is 2.24 bits per heavy atom. The average molecular weight is 455 g/mol. The molecule has 0 bridgehead atoms. The van der Waals surface area contributed by atoms with Crippen LogP contribution in [0.3, 0.4) is 0 Å². The van der Waals surface area contributed by atoms with Crippen LogP contribution >= 0.6 is 0 Å². The molecule has 1 aliphatic rings. The first-order valence-corrected chi connectivity index (χ1v) is 10.8. The highest BCUT2D eigenvalue weighted by atomic mass is 16.5. The molecule has 2 aromatic rings. The molecule has 0 atom stereocenters. The van der Waals surface area contributed by atoms with Gasteiger partial charge < -0.3 is 24.3 Å². The van der Waals surface area contributed by atoms with E-state index < -0.39 is 5.91 Å². The van der Waals surface area contributed by atoms with Crippen molar-refractivity contribution in [1.82, 2.24) is 4.90 Å². The smallest absolute Gasteiger partial charge is 0.278 e. The van der Waals surface area contributed by atoms with Gasteiger partial charge in [0, 0.05) is 6.07 Å². The zero-order chi connectivity index (χ0) is 24.0. The van der Waals surface area contributed by atoms with Gasteiger partial charge in [0.25, 0.3) is 11.8 Å². The number of carbonyl (C=O) groups is 2. The fraction of sp³-hybridized carbons (Fsp3) is 0.360. The van der Waals surface area contributed by atoms with Crippen LogP contribution in [-0.4, -0.2) is 56.8 Å². The molecule has 3 rings (SSSR count). The molecule has 0 aromatic heterocycles. The number of nitrogens with zero attached hydrogens (tertiary/aromatic N) is 1. The van der Waals surface area contributed by atoms with Gasteiger partial charge >= 0.3 is 0 Å². The minimum Gasteiger partial charge on any atom is -0.497 e. The fourth-order valence-corrected chi connectivity index (χ4v) is 3.47. The Morgan fingerprint density at radius 2 is 1.64 bits per heavy atom. The molecule has 8 nitrogen and oxygen atoms in total. The lowest BCUT2D eigenvalue weighted by Crippen LogP contribution is -2.35. The summed E-state index contributed by atoms with van der Waals surface area (Å²) in [6, 6.07) is 12.3. The molecule has 0 aliphatic carbocycles. The second-order valence-corrected chi connectivity index (χ2v) is 7.58. The summed E-state index contributed by atoms with van der Waals surface area (Å²) in [6.45, 7) is 6.64. The zero-order valence-electron chi connectivity index (χ0n) is 19.6. The Balaban J connectivity index is 2.01. The maximum atomic E-state index is 13.3. The number of methoxy groups -OCH3 is 2. The monoisotopic (exact) mass is 454 g/mol. The van der Waals surface area contributed by atoms with Crippen molar-refractivity contribution in [2.45, 2.75) is 26.9 Å². The minimum absolute atomic E-state index is 0.00464. The van der Waals surface area contributed by atoms with Gasteiger partial charge in [0.15, 0.2) is 0 Å². The van der Waals surface area contributed by atoms with Crippen LogP contribution < -0.4 is 19.5 Å². The highest BCUT2D eigenvalue weighted by Crippen LogP contribution is 2.35. The maximum absolute atomic E-state index is 13.3. The molecule has 1 N–H and O–H groups in total. The van der Waals surface area contributed by atoms with Crippen molar-refractivity contribution in [3.63, 3.8) is 0 Å². The number of hydrogen-bond acceptors (Lipinski definition) is 7. The number of hydrogen-bond donors (Lipinski definition) is 1.